The highest BCUT2D eigenvalue weighted by molar-refractivity contribution is 6.31. The summed E-state index contributed by atoms with van der Waals surface area (Å²) in [6, 6.07) is 4.41. The number of aromatic nitrogens is 3. The number of rotatable bonds is 3. The lowest BCUT2D eigenvalue weighted by Gasteiger charge is -2.06. The molecule has 0 fully saturated rings. The van der Waals surface area contributed by atoms with E-state index in [1.807, 2.05) is 0 Å². The van der Waals surface area contributed by atoms with E-state index < -0.39 is 4.92 Å². The zero-order valence-corrected chi connectivity index (χ0v) is 11.0. The molecule has 0 spiro atoms. The molecular formula is C10H6Cl2N4O3. The minimum absolute atomic E-state index is 0.00321. The van der Waals surface area contributed by atoms with Crippen molar-refractivity contribution in [1.82, 2.24) is 15.2 Å². The van der Waals surface area contributed by atoms with E-state index in [4.69, 9.17) is 27.9 Å². The third kappa shape index (κ3) is 3.07. The van der Waals surface area contributed by atoms with Gasteiger partial charge in [0.05, 0.1) is 4.92 Å². The number of halogens is 2. The summed E-state index contributed by atoms with van der Waals surface area (Å²) in [7, 11) is 0. The Morgan fingerprint density at radius 2 is 2.05 bits per heavy atom. The molecule has 1 heterocycles. The largest absolute Gasteiger partial charge is 0.429 e. The molecule has 9 heteroatoms. The van der Waals surface area contributed by atoms with Crippen molar-refractivity contribution in [1.29, 1.82) is 0 Å². The molecule has 0 aliphatic heterocycles. The van der Waals surface area contributed by atoms with Crippen molar-refractivity contribution in [3.8, 4) is 11.6 Å². The number of ether oxygens (including phenoxy) is 1. The van der Waals surface area contributed by atoms with Gasteiger partial charge in [-0.25, -0.2) is 0 Å². The molecule has 0 saturated carbocycles. The molecule has 0 N–H and O–H groups in total. The summed E-state index contributed by atoms with van der Waals surface area (Å²) in [5.41, 5.74) is 0.571. The quantitative estimate of drug-likeness (QED) is 0.638. The van der Waals surface area contributed by atoms with Crippen molar-refractivity contribution >= 4 is 28.9 Å². The molecule has 0 aliphatic rings. The fraction of sp³-hybridized carbons (Fsp3) is 0.100. The lowest BCUT2D eigenvalue weighted by atomic mass is 10.2. The predicted octanol–water partition coefficient (Wildman–Crippen LogP) is 3.19. The van der Waals surface area contributed by atoms with E-state index in [1.165, 1.54) is 12.1 Å². The van der Waals surface area contributed by atoms with Gasteiger partial charge in [-0.05, 0) is 30.2 Å². The lowest BCUT2D eigenvalue weighted by molar-refractivity contribution is -0.385. The normalized spacial score (nSPS) is 10.3. The van der Waals surface area contributed by atoms with E-state index in [0.29, 0.717) is 0 Å². The third-order valence-corrected chi connectivity index (χ3v) is 2.51. The van der Waals surface area contributed by atoms with Gasteiger partial charge >= 0.3 is 5.69 Å². The molecule has 0 bridgehead atoms. The molecule has 2 aromatic rings. The first kappa shape index (κ1) is 13.4. The van der Waals surface area contributed by atoms with Crippen LogP contribution in [0.2, 0.25) is 10.4 Å². The molecule has 0 aliphatic carbocycles. The zero-order valence-electron chi connectivity index (χ0n) is 9.50. The minimum Gasteiger partial charge on any atom is -0.429 e. The van der Waals surface area contributed by atoms with Crippen LogP contribution in [0.15, 0.2) is 18.2 Å². The van der Waals surface area contributed by atoms with E-state index in [-0.39, 0.29) is 27.8 Å². The van der Waals surface area contributed by atoms with Gasteiger partial charge in [0.1, 0.15) is 0 Å². The number of nitrogens with zero attached hydrogens (tertiary/aromatic N) is 4. The molecule has 0 atom stereocenters. The average molecular weight is 301 g/mol. The van der Waals surface area contributed by atoms with Crippen LogP contribution in [0.25, 0.3) is 0 Å². The average Bonchev–Trinajstić information content (AvgIpc) is 2.33. The second-order valence-electron chi connectivity index (χ2n) is 3.51. The molecule has 1 aromatic heterocycles. The number of benzene rings is 1. The van der Waals surface area contributed by atoms with Gasteiger partial charge in [0, 0.05) is 6.07 Å². The standard InChI is InChI=1S/C10H6Cl2N4O3/c1-5-2-3-6(16(17)18)7(4-5)19-9-8(11)14-15-10(12)13-9/h2-4H,1H3. The maximum atomic E-state index is 10.9. The second kappa shape index (κ2) is 5.33. The van der Waals surface area contributed by atoms with Gasteiger partial charge in [-0.1, -0.05) is 17.7 Å². The van der Waals surface area contributed by atoms with Gasteiger partial charge in [0.25, 0.3) is 5.88 Å². The molecule has 0 saturated heterocycles. The van der Waals surface area contributed by atoms with Gasteiger partial charge in [0.2, 0.25) is 16.2 Å². The molecule has 0 radical (unpaired) electrons. The Morgan fingerprint density at radius 3 is 2.74 bits per heavy atom. The molecule has 98 valence electrons. The molecule has 0 amide bonds. The maximum Gasteiger partial charge on any atom is 0.311 e. The highest BCUT2D eigenvalue weighted by Crippen LogP contribution is 2.33. The third-order valence-electron chi connectivity index (χ3n) is 2.11. The summed E-state index contributed by atoms with van der Waals surface area (Å²) in [5.74, 6) is -0.140. The van der Waals surface area contributed by atoms with Gasteiger partial charge in [-0.3, -0.25) is 10.1 Å². The molecule has 7 nitrogen and oxygen atoms in total. The van der Waals surface area contributed by atoms with E-state index in [0.717, 1.165) is 5.56 Å². The fourth-order valence-electron chi connectivity index (χ4n) is 1.30. The van der Waals surface area contributed by atoms with E-state index in [9.17, 15) is 10.1 Å². The van der Waals surface area contributed by atoms with Crippen molar-refractivity contribution in [3.05, 3.63) is 44.3 Å². The van der Waals surface area contributed by atoms with Crippen LogP contribution in [-0.2, 0) is 0 Å². The Balaban J connectivity index is 2.45. The zero-order chi connectivity index (χ0) is 14.0. The van der Waals surface area contributed by atoms with Gasteiger partial charge in [0.15, 0.2) is 0 Å². The van der Waals surface area contributed by atoms with Crippen LogP contribution < -0.4 is 4.74 Å². The number of nitro benzene ring substituents is 1. The first-order valence-corrected chi connectivity index (χ1v) is 5.71. The smallest absolute Gasteiger partial charge is 0.311 e. The Hall–Kier alpha value is -1.99. The Kier molecular flexibility index (Phi) is 3.77. The predicted molar refractivity (Wildman–Crippen MR) is 67.8 cm³/mol. The van der Waals surface area contributed by atoms with Crippen LogP contribution in [0, 0.1) is 17.0 Å². The van der Waals surface area contributed by atoms with Crippen LogP contribution in [0.5, 0.6) is 11.6 Å². The van der Waals surface area contributed by atoms with Gasteiger partial charge in [-0.15, -0.1) is 10.2 Å². The summed E-state index contributed by atoms with van der Waals surface area (Å²) in [6.45, 7) is 1.77. The fourth-order valence-corrected chi connectivity index (χ4v) is 1.54. The van der Waals surface area contributed by atoms with E-state index in [1.54, 1.807) is 13.0 Å². The van der Waals surface area contributed by atoms with Crippen molar-refractivity contribution in [2.24, 2.45) is 0 Å². The highest BCUT2D eigenvalue weighted by Gasteiger charge is 2.18. The minimum atomic E-state index is -0.571. The number of hydrogen-bond acceptors (Lipinski definition) is 6. The van der Waals surface area contributed by atoms with Crippen LogP contribution >= 0.6 is 23.2 Å². The van der Waals surface area contributed by atoms with Gasteiger partial charge in [-0.2, -0.15) is 4.98 Å². The van der Waals surface area contributed by atoms with Crippen molar-refractivity contribution in [2.45, 2.75) is 6.92 Å². The monoisotopic (exact) mass is 300 g/mol. The lowest BCUT2D eigenvalue weighted by Crippen LogP contribution is -1.98. The maximum absolute atomic E-state index is 10.9. The van der Waals surface area contributed by atoms with Crippen LogP contribution in [0.4, 0.5) is 5.69 Å². The molecule has 0 unspecified atom stereocenters. The highest BCUT2D eigenvalue weighted by atomic mass is 35.5. The molecule has 1 aromatic carbocycles. The topological polar surface area (TPSA) is 91.0 Å². The van der Waals surface area contributed by atoms with Crippen molar-refractivity contribution < 1.29 is 9.66 Å². The van der Waals surface area contributed by atoms with E-state index in [2.05, 4.69) is 15.2 Å². The van der Waals surface area contributed by atoms with E-state index >= 15 is 0 Å². The van der Waals surface area contributed by atoms with Crippen molar-refractivity contribution in [3.63, 3.8) is 0 Å². The van der Waals surface area contributed by atoms with Crippen molar-refractivity contribution in [2.75, 3.05) is 0 Å². The SMILES string of the molecule is Cc1ccc([N+](=O)[O-])c(Oc2nc(Cl)nnc2Cl)c1. The van der Waals surface area contributed by atoms with Crippen LogP contribution in [0.3, 0.4) is 0 Å². The summed E-state index contributed by atoms with van der Waals surface area (Å²) >= 11 is 11.3. The Labute approximate surface area is 117 Å². The first-order valence-electron chi connectivity index (χ1n) is 4.96. The summed E-state index contributed by atoms with van der Waals surface area (Å²) in [6.07, 6.45) is 0. The molecule has 19 heavy (non-hydrogen) atoms. The number of nitro groups is 1. The Bertz CT molecular complexity index is 651. The summed E-state index contributed by atoms with van der Waals surface area (Å²) in [4.78, 5) is 14.0. The van der Waals surface area contributed by atoms with Gasteiger partial charge < -0.3 is 4.74 Å². The molecule has 2 rings (SSSR count). The summed E-state index contributed by atoms with van der Waals surface area (Å²) < 4.78 is 5.29. The summed E-state index contributed by atoms with van der Waals surface area (Å²) in [5, 5.41) is 17.5. The first-order chi connectivity index (χ1) is 8.97. The molecular weight excluding hydrogens is 295 g/mol. The number of hydrogen-bond donors (Lipinski definition) is 0. The van der Waals surface area contributed by atoms with Crippen LogP contribution in [0.1, 0.15) is 5.56 Å². The van der Waals surface area contributed by atoms with Crippen LogP contribution in [-0.4, -0.2) is 20.1 Å². The second-order valence-corrected chi connectivity index (χ2v) is 4.20. The number of aryl methyl sites for hydroxylation is 1. The Morgan fingerprint density at radius 1 is 1.32 bits per heavy atom.